The molecule has 3 heterocycles. The Bertz CT molecular complexity index is 943. The van der Waals surface area contributed by atoms with E-state index in [0.717, 1.165) is 42.2 Å². The van der Waals surface area contributed by atoms with Crippen molar-refractivity contribution in [3.8, 4) is 11.3 Å². The van der Waals surface area contributed by atoms with Gasteiger partial charge in [0.1, 0.15) is 5.82 Å². The summed E-state index contributed by atoms with van der Waals surface area (Å²) in [5.41, 5.74) is 2.93. The van der Waals surface area contributed by atoms with Gasteiger partial charge in [-0.05, 0) is 12.5 Å². The molecule has 126 valence electrons. The molecule has 1 aromatic carbocycles. The number of aromatic nitrogens is 5. The fraction of sp³-hybridized carbons (Fsp3) is 0.211. The van der Waals surface area contributed by atoms with Crippen molar-refractivity contribution < 1.29 is 0 Å². The first kappa shape index (κ1) is 15.4. The molecule has 0 bridgehead atoms. The van der Waals surface area contributed by atoms with Crippen molar-refractivity contribution in [3.63, 3.8) is 0 Å². The summed E-state index contributed by atoms with van der Waals surface area (Å²) in [6.45, 7) is 1.81. The van der Waals surface area contributed by atoms with Gasteiger partial charge in [0.2, 0.25) is 0 Å². The van der Waals surface area contributed by atoms with E-state index in [1.54, 1.807) is 6.20 Å². The summed E-state index contributed by atoms with van der Waals surface area (Å²) in [7, 11) is 2.09. The number of rotatable bonds is 6. The molecule has 6 nitrogen and oxygen atoms in total. The third-order valence-corrected chi connectivity index (χ3v) is 4.24. The number of hydrogen-bond donors (Lipinski definition) is 0. The molecule has 4 rings (SSSR count). The van der Waals surface area contributed by atoms with Crippen molar-refractivity contribution in [1.82, 2.24) is 24.4 Å². The van der Waals surface area contributed by atoms with E-state index in [1.165, 1.54) is 0 Å². The molecule has 25 heavy (non-hydrogen) atoms. The summed E-state index contributed by atoms with van der Waals surface area (Å²) in [6.07, 6.45) is 6.60. The lowest BCUT2D eigenvalue weighted by Crippen LogP contribution is -2.23. The smallest absolute Gasteiger partial charge is 0.157 e. The third kappa shape index (κ3) is 3.24. The van der Waals surface area contributed by atoms with Crippen molar-refractivity contribution in [3.05, 3.63) is 67.1 Å². The van der Waals surface area contributed by atoms with Crippen LogP contribution in [0, 0.1) is 0 Å². The van der Waals surface area contributed by atoms with Crippen molar-refractivity contribution in [2.24, 2.45) is 0 Å². The molecule has 0 unspecified atom stereocenters. The van der Waals surface area contributed by atoms with Gasteiger partial charge >= 0.3 is 0 Å². The van der Waals surface area contributed by atoms with Crippen LogP contribution in [-0.4, -0.2) is 38.0 Å². The van der Waals surface area contributed by atoms with Crippen LogP contribution in [0.3, 0.4) is 0 Å². The Morgan fingerprint density at radius 1 is 1.00 bits per heavy atom. The number of anilines is 1. The molecule has 0 saturated carbocycles. The monoisotopic (exact) mass is 332 g/mol. The number of fused-ring (bicyclic) bond motifs is 1. The predicted molar refractivity (Wildman–Crippen MR) is 98.5 cm³/mol. The highest BCUT2D eigenvalue weighted by Crippen LogP contribution is 2.23. The molecule has 4 aromatic rings. The van der Waals surface area contributed by atoms with E-state index in [1.807, 2.05) is 51.9 Å². The van der Waals surface area contributed by atoms with Crippen LogP contribution in [0.25, 0.3) is 16.9 Å². The Hall–Kier alpha value is -3.15. The fourth-order valence-electron chi connectivity index (χ4n) is 2.94. The standard InChI is InChI=1S/C19H20N6/c1-23(12-6-14-24-13-5-10-20-24)19-15-17(16-7-3-2-4-8-16)22-18-9-11-21-25(18)19/h2-5,7-11,13,15H,6,12,14H2,1H3. The minimum atomic E-state index is 0.857. The summed E-state index contributed by atoms with van der Waals surface area (Å²) in [4.78, 5) is 6.95. The van der Waals surface area contributed by atoms with Crippen LogP contribution in [0.5, 0.6) is 0 Å². The lowest BCUT2D eigenvalue weighted by atomic mass is 10.1. The summed E-state index contributed by atoms with van der Waals surface area (Å²) in [6, 6.07) is 16.2. The molecule has 0 atom stereocenters. The second-order valence-corrected chi connectivity index (χ2v) is 6.01. The predicted octanol–water partition coefficient (Wildman–Crippen LogP) is 3.12. The van der Waals surface area contributed by atoms with Gasteiger partial charge in [-0.1, -0.05) is 30.3 Å². The summed E-state index contributed by atoms with van der Waals surface area (Å²) in [5, 5.41) is 8.68. The Morgan fingerprint density at radius 2 is 1.88 bits per heavy atom. The van der Waals surface area contributed by atoms with Crippen molar-refractivity contribution in [1.29, 1.82) is 0 Å². The maximum atomic E-state index is 4.73. The molecule has 0 aliphatic carbocycles. The molecule has 0 N–H and O–H groups in total. The maximum absolute atomic E-state index is 4.73. The largest absolute Gasteiger partial charge is 0.359 e. The van der Waals surface area contributed by atoms with Gasteiger partial charge in [0, 0.05) is 50.2 Å². The highest BCUT2D eigenvalue weighted by Gasteiger charge is 2.11. The second kappa shape index (κ2) is 6.76. The minimum Gasteiger partial charge on any atom is -0.359 e. The van der Waals surface area contributed by atoms with Crippen LogP contribution in [0.2, 0.25) is 0 Å². The van der Waals surface area contributed by atoms with Crippen LogP contribution >= 0.6 is 0 Å². The van der Waals surface area contributed by atoms with Gasteiger partial charge in [-0.2, -0.15) is 14.7 Å². The lowest BCUT2D eigenvalue weighted by molar-refractivity contribution is 0.576. The number of aryl methyl sites for hydroxylation is 1. The zero-order chi connectivity index (χ0) is 17.1. The van der Waals surface area contributed by atoms with Crippen LogP contribution in [0.4, 0.5) is 5.82 Å². The van der Waals surface area contributed by atoms with Gasteiger partial charge in [0.25, 0.3) is 0 Å². The van der Waals surface area contributed by atoms with Gasteiger partial charge in [-0.15, -0.1) is 0 Å². The zero-order valence-corrected chi connectivity index (χ0v) is 14.2. The highest BCUT2D eigenvalue weighted by atomic mass is 15.3. The lowest BCUT2D eigenvalue weighted by Gasteiger charge is -2.20. The van der Waals surface area contributed by atoms with Crippen molar-refractivity contribution >= 4 is 11.5 Å². The van der Waals surface area contributed by atoms with Crippen molar-refractivity contribution in [2.75, 3.05) is 18.5 Å². The number of benzene rings is 1. The Balaban J connectivity index is 1.60. The molecule has 0 spiro atoms. The van der Waals surface area contributed by atoms with Crippen molar-refractivity contribution in [2.45, 2.75) is 13.0 Å². The van der Waals surface area contributed by atoms with E-state index >= 15 is 0 Å². The van der Waals surface area contributed by atoms with E-state index in [4.69, 9.17) is 4.98 Å². The molecule has 0 aliphatic rings. The molecule has 0 saturated heterocycles. The van der Waals surface area contributed by atoms with E-state index in [-0.39, 0.29) is 0 Å². The van der Waals surface area contributed by atoms with E-state index < -0.39 is 0 Å². The Labute approximate surface area is 146 Å². The van der Waals surface area contributed by atoms with E-state index in [0.29, 0.717) is 0 Å². The molecule has 3 aromatic heterocycles. The third-order valence-electron chi connectivity index (χ3n) is 4.24. The normalized spacial score (nSPS) is 11.1. The van der Waals surface area contributed by atoms with Gasteiger partial charge in [-0.25, -0.2) is 4.98 Å². The Kier molecular flexibility index (Phi) is 4.16. The molecule has 0 amide bonds. The minimum absolute atomic E-state index is 0.857. The summed E-state index contributed by atoms with van der Waals surface area (Å²) < 4.78 is 3.85. The van der Waals surface area contributed by atoms with Crippen LogP contribution in [-0.2, 0) is 6.54 Å². The number of hydrogen-bond acceptors (Lipinski definition) is 4. The van der Waals surface area contributed by atoms with E-state index in [9.17, 15) is 0 Å². The van der Waals surface area contributed by atoms with Gasteiger partial charge in [-0.3, -0.25) is 4.68 Å². The molecular formula is C19H20N6. The van der Waals surface area contributed by atoms with Gasteiger partial charge < -0.3 is 4.90 Å². The highest BCUT2D eigenvalue weighted by molar-refractivity contribution is 5.66. The quantitative estimate of drug-likeness (QED) is 0.544. The van der Waals surface area contributed by atoms with Crippen LogP contribution in [0.1, 0.15) is 6.42 Å². The zero-order valence-electron chi connectivity index (χ0n) is 14.2. The van der Waals surface area contributed by atoms with Gasteiger partial charge in [0.15, 0.2) is 5.65 Å². The SMILES string of the molecule is CN(CCCn1cccn1)c1cc(-c2ccccc2)nc2ccnn12. The first-order chi connectivity index (χ1) is 12.3. The number of nitrogens with zero attached hydrogens (tertiary/aromatic N) is 6. The molecule has 0 radical (unpaired) electrons. The first-order valence-electron chi connectivity index (χ1n) is 8.40. The average Bonchev–Trinajstić information content (AvgIpc) is 3.33. The second-order valence-electron chi connectivity index (χ2n) is 6.01. The maximum Gasteiger partial charge on any atom is 0.157 e. The molecule has 0 aliphatic heterocycles. The average molecular weight is 332 g/mol. The molecule has 6 heteroatoms. The van der Waals surface area contributed by atoms with Crippen LogP contribution in [0.15, 0.2) is 67.1 Å². The fourth-order valence-corrected chi connectivity index (χ4v) is 2.94. The summed E-state index contributed by atoms with van der Waals surface area (Å²) >= 11 is 0. The van der Waals surface area contributed by atoms with Crippen LogP contribution < -0.4 is 4.90 Å². The van der Waals surface area contributed by atoms with Gasteiger partial charge in [0.05, 0.1) is 11.9 Å². The topological polar surface area (TPSA) is 51.2 Å². The molecular weight excluding hydrogens is 312 g/mol. The Morgan fingerprint density at radius 3 is 2.68 bits per heavy atom. The summed E-state index contributed by atoms with van der Waals surface area (Å²) in [5.74, 6) is 1.04. The molecule has 0 fully saturated rings. The first-order valence-corrected chi connectivity index (χ1v) is 8.40. The van der Waals surface area contributed by atoms with E-state index in [2.05, 4.69) is 40.3 Å².